The van der Waals surface area contributed by atoms with Gasteiger partial charge in [-0.1, -0.05) is 30.7 Å². The lowest BCUT2D eigenvalue weighted by atomic mass is 9.86. The number of aromatic nitrogens is 2. The van der Waals surface area contributed by atoms with E-state index in [9.17, 15) is 0 Å². The number of benzene rings is 1. The zero-order chi connectivity index (χ0) is 22.9. The molecule has 1 aromatic heterocycles. The van der Waals surface area contributed by atoms with Gasteiger partial charge in [-0.15, -0.1) is 0 Å². The molecule has 7 nitrogen and oxygen atoms in total. The highest BCUT2D eigenvalue weighted by Crippen LogP contribution is 2.43. The molecule has 1 aromatic carbocycles. The summed E-state index contributed by atoms with van der Waals surface area (Å²) in [6.45, 7) is 7.52. The zero-order valence-corrected chi connectivity index (χ0v) is 20.2. The number of halogens is 1. The van der Waals surface area contributed by atoms with Crippen molar-refractivity contribution in [1.82, 2.24) is 30.0 Å². The standard InChI is InChI=1S/C25H35ClN7/c1-2-22-23(27)28-18-29-24(22)33(25(30-10-11-31-25)9-14-32-12-4-13-32)15-7-19(8-16-33)20-5-3-6-21(26)17-20/h3,5-6,10-11,17-19,30-31H,2,4,7-9,12-16H2,1H3,(H2,27,28,29)/q+1. The van der Waals surface area contributed by atoms with E-state index >= 15 is 0 Å². The van der Waals surface area contributed by atoms with E-state index in [1.54, 1.807) is 6.33 Å². The van der Waals surface area contributed by atoms with E-state index in [0.29, 0.717) is 11.7 Å². The van der Waals surface area contributed by atoms with Crippen LogP contribution in [-0.2, 0) is 6.42 Å². The number of rotatable bonds is 7. The molecule has 0 atom stereocenters. The van der Waals surface area contributed by atoms with E-state index in [2.05, 4.69) is 58.0 Å². The number of nitrogen functional groups attached to an aromatic ring is 1. The minimum Gasteiger partial charge on any atom is -0.383 e. The molecule has 0 radical (unpaired) electrons. The van der Waals surface area contributed by atoms with Crippen molar-refractivity contribution in [2.45, 2.75) is 50.7 Å². The Morgan fingerprint density at radius 1 is 1.18 bits per heavy atom. The molecule has 2 fully saturated rings. The van der Waals surface area contributed by atoms with Gasteiger partial charge in [0, 0.05) is 36.8 Å². The van der Waals surface area contributed by atoms with Crippen molar-refractivity contribution in [3.05, 3.63) is 59.1 Å². The number of quaternary nitrogens is 1. The van der Waals surface area contributed by atoms with Crippen molar-refractivity contribution in [1.29, 1.82) is 0 Å². The average Bonchev–Trinajstić information content (AvgIpc) is 3.28. The first-order valence-electron chi connectivity index (χ1n) is 12.2. The third-order valence-electron chi connectivity index (χ3n) is 7.95. The molecule has 2 aromatic rings. The average molecular weight is 469 g/mol. The minimum atomic E-state index is -0.348. The van der Waals surface area contributed by atoms with E-state index in [0.717, 1.165) is 66.2 Å². The van der Waals surface area contributed by atoms with Crippen LogP contribution in [-0.4, -0.2) is 53.4 Å². The molecule has 8 heteroatoms. The zero-order valence-electron chi connectivity index (χ0n) is 19.4. The van der Waals surface area contributed by atoms with Crippen molar-refractivity contribution in [2.24, 2.45) is 0 Å². The smallest absolute Gasteiger partial charge is 0.257 e. The van der Waals surface area contributed by atoms with Crippen molar-refractivity contribution >= 4 is 23.2 Å². The highest BCUT2D eigenvalue weighted by molar-refractivity contribution is 6.30. The summed E-state index contributed by atoms with van der Waals surface area (Å²) in [5, 5.41) is 8.31. The number of hydrogen-bond donors (Lipinski definition) is 3. The summed E-state index contributed by atoms with van der Waals surface area (Å²) in [4.78, 5) is 11.8. The van der Waals surface area contributed by atoms with Crippen LogP contribution in [0.5, 0.6) is 0 Å². The Bertz CT molecular complexity index is 1000. The van der Waals surface area contributed by atoms with Gasteiger partial charge in [-0.25, -0.2) is 9.47 Å². The highest BCUT2D eigenvalue weighted by Gasteiger charge is 2.57. The van der Waals surface area contributed by atoms with Gasteiger partial charge in [0.1, 0.15) is 12.1 Å². The first-order chi connectivity index (χ1) is 16.1. The molecule has 3 aliphatic rings. The van der Waals surface area contributed by atoms with E-state index < -0.39 is 0 Å². The topological polar surface area (TPSA) is 79.1 Å². The summed E-state index contributed by atoms with van der Waals surface area (Å²) in [6, 6.07) is 8.35. The lowest BCUT2D eigenvalue weighted by molar-refractivity contribution is 0.0143. The van der Waals surface area contributed by atoms with E-state index in [1.165, 1.54) is 25.1 Å². The van der Waals surface area contributed by atoms with Gasteiger partial charge in [0.15, 0.2) is 0 Å². The van der Waals surface area contributed by atoms with Crippen LogP contribution in [0.25, 0.3) is 0 Å². The lowest BCUT2D eigenvalue weighted by Crippen LogP contribution is -2.78. The van der Waals surface area contributed by atoms with Crippen molar-refractivity contribution < 1.29 is 0 Å². The Balaban J connectivity index is 1.52. The molecule has 2 saturated heterocycles. The van der Waals surface area contributed by atoms with Gasteiger partial charge in [0.25, 0.3) is 5.79 Å². The first kappa shape index (κ1) is 22.4. The second kappa shape index (κ2) is 9.12. The van der Waals surface area contributed by atoms with Crippen LogP contribution in [0.2, 0.25) is 5.02 Å². The maximum absolute atomic E-state index is 6.39. The lowest BCUT2D eigenvalue weighted by Gasteiger charge is -2.54. The minimum absolute atomic E-state index is 0.348. The molecule has 3 aliphatic heterocycles. The van der Waals surface area contributed by atoms with Gasteiger partial charge in [-0.05, 0) is 49.5 Å². The molecule has 0 spiro atoms. The second-order valence-electron chi connectivity index (χ2n) is 9.59. The Hall–Kier alpha value is -2.35. The molecule has 0 aliphatic carbocycles. The molecule has 0 unspecified atom stereocenters. The molecule has 4 N–H and O–H groups in total. The number of likely N-dealkylation sites (tertiary alicyclic amines) is 2. The fraction of sp³-hybridized carbons (Fsp3) is 0.520. The van der Waals surface area contributed by atoms with Gasteiger partial charge in [0.2, 0.25) is 5.82 Å². The van der Waals surface area contributed by atoms with Crippen LogP contribution in [0.3, 0.4) is 0 Å². The third-order valence-corrected chi connectivity index (χ3v) is 8.19. The summed E-state index contributed by atoms with van der Waals surface area (Å²) in [7, 11) is 0. The summed E-state index contributed by atoms with van der Waals surface area (Å²) < 4.78 is 0.723. The number of piperidine rings is 1. The molecule has 176 valence electrons. The monoisotopic (exact) mass is 468 g/mol. The molecule has 5 rings (SSSR count). The van der Waals surface area contributed by atoms with E-state index in [-0.39, 0.29) is 5.79 Å². The maximum atomic E-state index is 6.39. The Morgan fingerprint density at radius 3 is 2.58 bits per heavy atom. The Morgan fingerprint density at radius 2 is 1.94 bits per heavy atom. The molecular formula is C25H35ClN7+. The van der Waals surface area contributed by atoms with Crippen molar-refractivity contribution in [3.8, 4) is 0 Å². The predicted molar refractivity (Wildman–Crippen MR) is 135 cm³/mol. The molecule has 0 saturated carbocycles. The summed E-state index contributed by atoms with van der Waals surface area (Å²) in [5.74, 6) is 1.79. The van der Waals surface area contributed by atoms with Gasteiger partial charge >= 0.3 is 0 Å². The first-order valence-corrected chi connectivity index (χ1v) is 12.6. The van der Waals surface area contributed by atoms with E-state index in [4.69, 9.17) is 22.3 Å². The fourth-order valence-electron chi connectivity index (χ4n) is 5.93. The van der Waals surface area contributed by atoms with Gasteiger partial charge in [-0.2, -0.15) is 4.98 Å². The van der Waals surface area contributed by atoms with Crippen LogP contribution in [0, 0.1) is 0 Å². The van der Waals surface area contributed by atoms with Crippen LogP contribution in [0.15, 0.2) is 43.0 Å². The number of hydrogen-bond acceptors (Lipinski definition) is 6. The van der Waals surface area contributed by atoms with Crippen LogP contribution < -0.4 is 20.9 Å². The normalized spacial score (nSPS) is 26.4. The largest absolute Gasteiger partial charge is 0.383 e. The number of nitrogens with one attached hydrogen (secondary N) is 2. The Labute approximate surface area is 201 Å². The van der Waals surface area contributed by atoms with Crippen molar-refractivity contribution in [3.63, 3.8) is 0 Å². The highest BCUT2D eigenvalue weighted by atomic mass is 35.5. The second-order valence-corrected chi connectivity index (χ2v) is 10.0. The molecular weight excluding hydrogens is 434 g/mol. The summed E-state index contributed by atoms with van der Waals surface area (Å²) >= 11 is 6.32. The van der Waals surface area contributed by atoms with Crippen LogP contribution in [0.1, 0.15) is 49.7 Å². The number of nitrogens with two attached hydrogens (primary N) is 1. The third kappa shape index (κ3) is 3.96. The Kier molecular flexibility index (Phi) is 6.20. The van der Waals surface area contributed by atoms with E-state index in [1.807, 2.05) is 6.07 Å². The van der Waals surface area contributed by atoms with Crippen LogP contribution >= 0.6 is 11.6 Å². The summed E-state index contributed by atoms with van der Waals surface area (Å²) in [5.41, 5.74) is 8.79. The van der Waals surface area contributed by atoms with Gasteiger partial charge in [0.05, 0.1) is 25.1 Å². The maximum Gasteiger partial charge on any atom is 0.257 e. The van der Waals surface area contributed by atoms with Crippen LogP contribution in [0.4, 0.5) is 11.6 Å². The molecule has 4 heterocycles. The van der Waals surface area contributed by atoms with Gasteiger partial charge in [-0.3, -0.25) is 0 Å². The fourth-order valence-corrected chi connectivity index (χ4v) is 6.13. The quantitative estimate of drug-likeness (QED) is 0.539. The number of anilines is 1. The number of nitrogens with zero attached hydrogens (tertiary/aromatic N) is 4. The molecule has 0 bridgehead atoms. The van der Waals surface area contributed by atoms with Crippen molar-refractivity contribution in [2.75, 3.05) is 38.5 Å². The predicted octanol–water partition coefficient (Wildman–Crippen LogP) is 3.57. The molecule has 33 heavy (non-hydrogen) atoms. The molecule has 0 amide bonds. The SMILES string of the molecule is CCc1c(N)ncnc1[N+]1(C2(CCN3CCC3)NC=CN2)CCC(c2cccc(Cl)c2)CC1. The summed E-state index contributed by atoms with van der Waals surface area (Å²) in [6.07, 6.45) is 11.0. The van der Waals surface area contributed by atoms with Gasteiger partial charge < -0.3 is 21.3 Å².